The number of halogens is 3. The summed E-state index contributed by atoms with van der Waals surface area (Å²) in [6.07, 6.45) is -2.75. The summed E-state index contributed by atoms with van der Waals surface area (Å²) in [5, 5.41) is 4.78. The van der Waals surface area contributed by atoms with Crippen molar-refractivity contribution in [3.63, 3.8) is 0 Å². The molecule has 0 aliphatic carbocycles. The lowest BCUT2D eigenvalue weighted by Crippen LogP contribution is -2.12. The number of nitrogens with two attached hydrogens (primary N) is 1. The first-order valence-electron chi connectivity index (χ1n) is 6.98. The molecule has 0 aliphatic rings. The first kappa shape index (κ1) is 16.8. The van der Waals surface area contributed by atoms with Gasteiger partial charge in [0.05, 0.1) is 10.4 Å². The van der Waals surface area contributed by atoms with E-state index in [2.05, 4.69) is 16.9 Å². The minimum atomic E-state index is -4.36. The van der Waals surface area contributed by atoms with Crippen LogP contribution in [0.15, 0.2) is 48.7 Å². The molecule has 0 bridgehead atoms. The van der Waals surface area contributed by atoms with Crippen LogP contribution in [0.1, 0.15) is 26.5 Å². The smallest absolute Gasteiger partial charge is 0.364 e. The number of benzene rings is 1. The molecule has 0 atom stereocenters. The Bertz CT molecular complexity index is 975. The predicted octanol–water partition coefficient (Wildman–Crippen LogP) is 3.45. The maximum absolute atomic E-state index is 12.5. The molecule has 0 saturated heterocycles. The molecule has 0 fully saturated rings. The third kappa shape index (κ3) is 3.89. The summed E-state index contributed by atoms with van der Waals surface area (Å²) in [6, 6.07) is 9.71. The van der Waals surface area contributed by atoms with E-state index in [0.29, 0.717) is 10.4 Å². The van der Waals surface area contributed by atoms with Gasteiger partial charge >= 0.3 is 6.18 Å². The van der Waals surface area contributed by atoms with Gasteiger partial charge in [0.1, 0.15) is 10.7 Å². The third-order valence-electron chi connectivity index (χ3n) is 3.20. The van der Waals surface area contributed by atoms with Crippen molar-refractivity contribution in [3.05, 3.63) is 70.4 Å². The zero-order valence-electron chi connectivity index (χ0n) is 12.5. The highest BCUT2D eigenvalue weighted by Crippen LogP contribution is 2.29. The number of aromatic nitrogens is 2. The van der Waals surface area contributed by atoms with E-state index in [0.717, 1.165) is 17.1 Å². The summed E-state index contributed by atoms with van der Waals surface area (Å²) in [5.74, 6) is 5.10. The number of carbonyl (C=O) groups is 1. The zero-order valence-corrected chi connectivity index (χ0v) is 13.4. The van der Waals surface area contributed by atoms with Gasteiger partial charge in [-0.2, -0.15) is 18.3 Å². The molecule has 1 amide bonds. The number of rotatable bonds is 2. The van der Waals surface area contributed by atoms with Crippen molar-refractivity contribution in [2.24, 2.45) is 5.73 Å². The number of alkyl halides is 3. The Morgan fingerprint density at radius 1 is 1.08 bits per heavy atom. The number of primary amides is 1. The van der Waals surface area contributed by atoms with Crippen LogP contribution >= 0.6 is 11.3 Å². The van der Waals surface area contributed by atoms with Crippen LogP contribution in [0, 0.1) is 11.8 Å². The largest absolute Gasteiger partial charge is 0.416 e. The Balaban J connectivity index is 1.78. The van der Waals surface area contributed by atoms with E-state index in [1.807, 2.05) is 0 Å². The molecule has 0 aliphatic heterocycles. The quantitative estimate of drug-likeness (QED) is 0.711. The Morgan fingerprint density at radius 2 is 1.80 bits per heavy atom. The van der Waals surface area contributed by atoms with Gasteiger partial charge < -0.3 is 5.73 Å². The average Bonchev–Trinajstić information content (AvgIpc) is 3.21. The highest BCUT2D eigenvalue weighted by atomic mass is 32.1. The van der Waals surface area contributed by atoms with Crippen LogP contribution in [0.4, 0.5) is 13.2 Å². The number of thiophene rings is 1. The molecule has 0 saturated carbocycles. The van der Waals surface area contributed by atoms with Crippen molar-refractivity contribution in [3.8, 4) is 16.8 Å². The molecule has 2 N–H and O–H groups in total. The van der Waals surface area contributed by atoms with Crippen LogP contribution in [0.5, 0.6) is 0 Å². The Morgan fingerprint density at radius 3 is 2.40 bits per heavy atom. The predicted molar refractivity (Wildman–Crippen MR) is 87.4 cm³/mol. The molecule has 126 valence electrons. The molecule has 25 heavy (non-hydrogen) atoms. The number of amides is 1. The minimum Gasteiger partial charge on any atom is -0.364 e. The summed E-state index contributed by atoms with van der Waals surface area (Å²) in [5.41, 5.74) is 5.09. The highest BCUT2D eigenvalue weighted by molar-refractivity contribution is 7.15. The first-order chi connectivity index (χ1) is 11.8. The van der Waals surface area contributed by atoms with E-state index in [-0.39, 0.29) is 5.69 Å². The summed E-state index contributed by atoms with van der Waals surface area (Å²) in [7, 11) is 0. The van der Waals surface area contributed by atoms with E-state index >= 15 is 0 Å². The Hall–Kier alpha value is -3.05. The summed E-state index contributed by atoms with van der Waals surface area (Å²) in [6.45, 7) is 0. The van der Waals surface area contributed by atoms with Crippen molar-refractivity contribution >= 4 is 17.2 Å². The highest BCUT2D eigenvalue weighted by Gasteiger charge is 2.29. The van der Waals surface area contributed by atoms with Gasteiger partial charge in [0.2, 0.25) is 0 Å². The van der Waals surface area contributed by atoms with Crippen LogP contribution in [-0.2, 0) is 6.18 Å². The van der Waals surface area contributed by atoms with Gasteiger partial charge in [0.15, 0.2) is 0 Å². The molecular weight excluding hydrogens is 351 g/mol. The lowest BCUT2D eigenvalue weighted by atomic mass is 10.1. The molecule has 2 heterocycles. The van der Waals surface area contributed by atoms with E-state index in [1.54, 1.807) is 18.3 Å². The van der Waals surface area contributed by atoms with Crippen LogP contribution in [0.3, 0.4) is 0 Å². The molecule has 1 aromatic carbocycles. The van der Waals surface area contributed by atoms with Gasteiger partial charge in [-0.1, -0.05) is 11.8 Å². The van der Waals surface area contributed by atoms with Gasteiger partial charge in [-0.3, -0.25) is 4.79 Å². The fourth-order valence-corrected chi connectivity index (χ4v) is 2.77. The van der Waals surface area contributed by atoms with Crippen molar-refractivity contribution in [2.45, 2.75) is 6.18 Å². The number of nitrogens with zero attached hydrogens (tertiary/aromatic N) is 2. The SMILES string of the molecule is NC(=O)c1ccn(-c2ccc(C#Cc3ccc(C(F)(F)F)cc3)s2)n1. The first-order valence-corrected chi connectivity index (χ1v) is 7.79. The maximum Gasteiger partial charge on any atom is 0.416 e. The van der Waals surface area contributed by atoms with E-state index in [9.17, 15) is 18.0 Å². The van der Waals surface area contributed by atoms with Gasteiger partial charge in [0, 0.05) is 11.8 Å². The van der Waals surface area contributed by atoms with E-state index in [1.165, 1.54) is 34.2 Å². The van der Waals surface area contributed by atoms with Gasteiger partial charge in [0.25, 0.3) is 5.91 Å². The molecular formula is C17H10F3N3OS. The lowest BCUT2D eigenvalue weighted by molar-refractivity contribution is -0.137. The fraction of sp³-hybridized carbons (Fsp3) is 0.0588. The molecule has 0 radical (unpaired) electrons. The Kier molecular flexibility index (Phi) is 4.33. The lowest BCUT2D eigenvalue weighted by Gasteiger charge is -2.05. The second-order valence-corrected chi connectivity index (χ2v) is 6.04. The third-order valence-corrected chi connectivity index (χ3v) is 4.19. The van der Waals surface area contributed by atoms with Crippen molar-refractivity contribution in [1.82, 2.24) is 9.78 Å². The van der Waals surface area contributed by atoms with Crippen LogP contribution < -0.4 is 5.73 Å². The van der Waals surface area contributed by atoms with Crippen LogP contribution in [-0.4, -0.2) is 15.7 Å². The summed E-state index contributed by atoms with van der Waals surface area (Å²) < 4.78 is 39.1. The number of hydrogen-bond acceptors (Lipinski definition) is 3. The Labute approximate surface area is 144 Å². The fourth-order valence-electron chi connectivity index (χ4n) is 1.97. The molecule has 2 aromatic heterocycles. The van der Waals surface area contributed by atoms with Gasteiger partial charge in [-0.15, -0.1) is 11.3 Å². The summed E-state index contributed by atoms with van der Waals surface area (Å²) in [4.78, 5) is 11.8. The molecule has 0 spiro atoms. The topological polar surface area (TPSA) is 60.9 Å². The zero-order chi connectivity index (χ0) is 18.0. The van der Waals surface area contributed by atoms with Gasteiger partial charge in [-0.05, 0) is 42.5 Å². The van der Waals surface area contributed by atoms with Gasteiger partial charge in [-0.25, -0.2) is 4.68 Å². The van der Waals surface area contributed by atoms with Crippen molar-refractivity contribution in [2.75, 3.05) is 0 Å². The number of hydrogen-bond donors (Lipinski definition) is 1. The standard InChI is InChI=1S/C17H10F3N3OS/c18-17(19,20)12-4-1-11(2-5-12)3-6-13-7-8-15(25-13)23-10-9-14(22-23)16(21)24/h1-2,4-5,7-10H,(H2,21,24). The molecule has 8 heteroatoms. The van der Waals surface area contributed by atoms with Crippen molar-refractivity contribution < 1.29 is 18.0 Å². The second kappa shape index (κ2) is 6.45. The summed E-state index contributed by atoms with van der Waals surface area (Å²) >= 11 is 1.33. The second-order valence-electron chi connectivity index (χ2n) is 4.97. The molecule has 3 aromatic rings. The molecule has 3 rings (SSSR count). The normalized spacial score (nSPS) is 11.0. The monoisotopic (exact) mass is 361 g/mol. The average molecular weight is 361 g/mol. The van der Waals surface area contributed by atoms with Crippen molar-refractivity contribution in [1.29, 1.82) is 0 Å². The van der Waals surface area contributed by atoms with E-state index < -0.39 is 17.6 Å². The molecule has 4 nitrogen and oxygen atoms in total. The van der Waals surface area contributed by atoms with Crippen LogP contribution in [0.2, 0.25) is 0 Å². The maximum atomic E-state index is 12.5. The van der Waals surface area contributed by atoms with Crippen LogP contribution in [0.25, 0.3) is 5.00 Å². The molecule has 0 unspecified atom stereocenters. The minimum absolute atomic E-state index is 0.158. The number of carbonyl (C=O) groups excluding carboxylic acids is 1. The van der Waals surface area contributed by atoms with E-state index in [4.69, 9.17) is 5.73 Å².